The van der Waals surface area contributed by atoms with E-state index in [9.17, 15) is 4.79 Å². The van der Waals surface area contributed by atoms with Crippen LogP contribution in [0.25, 0.3) is 0 Å². The van der Waals surface area contributed by atoms with E-state index in [4.69, 9.17) is 5.73 Å². The Kier molecular flexibility index (Phi) is 5.43. The van der Waals surface area contributed by atoms with Gasteiger partial charge in [-0.25, -0.2) is 0 Å². The van der Waals surface area contributed by atoms with Gasteiger partial charge >= 0.3 is 0 Å². The smallest absolute Gasteiger partial charge is 0.237 e. The quantitative estimate of drug-likeness (QED) is 0.733. The zero-order valence-corrected chi connectivity index (χ0v) is 10.2. The molecule has 0 saturated carbocycles. The van der Waals surface area contributed by atoms with E-state index >= 15 is 0 Å². The third kappa shape index (κ3) is 4.83. The van der Waals surface area contributed by atoms with E-state index in [1.54, 1.807) is 6.08 Å². The van der Waals surface area contributed by atoms with Crippen molar-refractivity contribution in [2.45, 2.75) is 31.8 Å². The molecular weight excluding hydrogens is 212 g/mol. The highest BCUT2D eigenvalue weighted by Gasteiger charge is 2.14. The molecule has 2 atom stereocenters. The van der Waals surface area contributed by atoms with Crippen molar-refractivity contribution in [1.29, 1.82) is 0 Å². The van der Waals surface area contributed by atoms with Gasteiger partial charge in [0, 0.05) is 6.04 Å². The van der Waals surface area contributed by atoms with Crippen molar-refractivity contribution in [2.75, 3.05) is 0 Å². The van der Waals surface area contributed by atoms with Gasteiger partial charge in [-0.05, 0) is 25.3 Å². The highest BCUT2D eigenvalue weighted by Crippen LogP contribution is 2.03. The first-order valence-corrected chi connectivity index (χ1v) is 5.84. The lowest BCUT2D eigenvalue weighted by atomic mass is 10.1. The first-order valence-electron chi connectivity index (χ1n) is 5.84. The maximum absolute atomic E-state index is 11.6. The van der Waals surface area contributed by atoms with Gasteiger partial charge < -0.3 is 11.1 Å². The van der Waals surface area contributed by atoms with Gasteiger partial charge in [0.05, 0.1) is 6.04 Å². The summed E-state index contributed by atoms with van der Waals surface area (Å²) < 4.78 is 0. The van der Waals surface area contributed by atoms with Gasteiger partial charge in [-0.15, -0.1) is 6.58 Å². The molecule has 92 valence electrons. The molecule has 1 rings (SSSR count). The summed E-state index contributed by atoms with van der Waals surface area (Å²) in [4.78, 5) is 11.6. The van der Waals surface area contributed by atoms with E-state index in [-0.39, 0.29) is 11.9 Å². The number of hydrogen-bond acceptors (Lipinski definition) is 2. The van der Waals surface area contributed by atoms with Crippen LogP contribution in [0.2, 0.25) is 0 Å². The minimum atomic E-state index is -0.495. The lowest BCUT2D eigenvalue weighted by Gasteiger charge is -2.16. The molecular formula is C14H20N2O. The molecule has 1 aromatic carbocycles. The van der Waals surface area contributed by atoms with Gasteiger partial charge in [0.25, 0.3) is 0 Å². The summed E-state index contributed by atoms with van der Waals surface area (Å²) in [6, 6.07) is 9.65. The van der Waals surface area contributed by atoms with Crippen LogP contribution in [-0.4, -0.2) is 18.0 Å². The van der Waals surface area contributed by atoms with E-state index in [2.05, 4.69) is 11.9 Å². The normalized spacial score (nSPS) is 13.8. The van der Waals surface area contributed by atoms with Crippen molar-refractivity contribution in [2.24, 2.45) is 5.73 Å². The van der Waals surface area contributed by atoms with Crippen molar-refractivity contribution < 1.29 is 4.79 Å². The fourth-order valence-electron chi connectivity index (χ4n) is 1.66. The third-order valence-electron chi connectivity index (χ3n) is 2.53. The van der Waals surface area contributed by atoms with Gasteiger partial charge in [-0.3, -0.25) is 4.79 Å². The van der Waals surface area contributed by atoms with Gasteiger partial charge in [0.1, 0.15) is 0 Å². The van der Waals surface area contributed by atoms with Crippen LogP contribution < -0.4 is 11.1 Å². The number of carbonyl (C=O) groups excluding carboxylic acids is 1. The van der Waals surface area contributed by atoms with Crippen molar-refractivity contribution in [1.82, 2.24) is 5.32 Å². The number of benzene rings is 1. The standard InChI is InChI=1S/C14H20N2O/c1-3-7-13(15)14(17)16-11(2)10-12-8-5-4-6-9-12/h3-6,8-9,11,13H,1,7,10,15H2,2H3,(H,16,17). The zero-order valence-electron chi connectivity index (χ0n) is 10.2. The van der Waals surface area contributed by atoms with Crippen molar-refractivity contribution in [3.05, 3.63) is 48.6 Å². The maximum atomic E-state index is 11.6. The second-order valence-electron chi connectivity index (χ2n) is 4.23. The Bertz CT molecular complexity index is 362. The van der Waals surface area contributed by atoms with Crippen LogP contribution >= 0.6 is 0 Å². The number of hydrogen-bond donors (Lipinski definition) is 2. The molecule has 0 aliphatic rings. The lowest BCUT2D eigenvalue weighted by molar-refractivity contribution is -0.122. The molecule has 3 N–H and O–H groups in total. The second-order valence-corrected chi connectivity index (χ2v) is 4.23. The molecule has 0 spiro atoms. The summed E-state index contributed by atoms with van der Waals surface area (Å²) >= 11 is 0. The summed E-state index contributed by atoms with van der Waals surface area (Å²) in [6.45, 7) is 5.55. The summed E-state index contributed by atoms with van der Waals surface area (Å²) in [5.41, 5.74) is 6.89. The topological polar surface area (TPSA) is 55.1 Å². The summed E-state index contributed by atoms with van der Waals surface area (Å²) in [5.74, 6) is -0.117. The summed E-state index contributed by atoms with van der Waals surface area (Å²) in [7, 11) is 0. The molecule has 1 amide bonds. The Morgan fingerprint density at radius 3 is 2.71 bits per heavy atom. The number of carbonyl (C=O) groups is 1. The molecule has 1 aromatic rings. The molecule has 3 heteroatoms. The zero-order chi connectivity index (χ0) is 12.7. The van der Waals surface area contributed by atoms with Gasteiger partial charge in [0.2, 0.25) is 5.91 Å². The van der Waals surface area contributed by atoms with E-state index in [1.807, 2.05) is 37.3 Å². The lowest BCUT2D eigenvalue weighted by Crippen LogP contribution is -2.44. The van der Waals surface area contributed by atoms with Crippen LogP contribution in [0, 0.1) is 0 Å². The highest BCUT2D eigenvalue weighted by atomic mass is 16.2. The summed E-state index contributed by atoms with van der Waals surface area (Å²) in [6.07, 6.45) is 2.98. The maximum Gasteiger partial charge on any atom is 0.237 e. The van der Waals surface area contributed by atoms with Crippen molar-refractivity contribution >= 4 is 5.91 Å². The van der Waals surface area contributed by atoms with Crippen LogP contribution in [0.5, 0.6) is 0 Å². The van der Waals surface area contributed by atoms with Gasteiger partial charge in [-0.2, -0.15) is 0 Å². The number of rotatable bonds is 6. The molecule has 3 nitrogen and oxygen atoms in total. The first-order chi connectivity index (χ1) is 8.13. The van der Waals surface area contributed by atoms with Crippen LogP contribution in [0.3, 0.4) is 0 Å². The van der Waals surface area contributed by atoms with Gasteiger partial charge in [0.15, 0.2) is 0 Å². The number of nitrogens with one attached hydrogen (secondary N) is 1. The minimum Gasteiger partial charge on any atom is -0.352 e. The number of amides is 1. The van der Waals surface area contributed by atoms with Gasteiger partial charge in [-0.1, -0.05) is 36.4 Å². The Labute approximate surface area is 103 Å². The SMILES string of the molecule is C=CCC(N)C(=O)NC(C)Cc1ccccc1. The van der Waals surface area contributed by atoms with Crippen LogP contribution in [0.1, 0.15) is 18.9 Å². The molecule has 0 aliphatic carbocycles. The average molecular weight is 232 g/mol. The molecule has 0 aromatic heterocycles. The Balaban J connectivity index is 2.42. The van der Waals surface area contributed by atoms with Crippen LogP contribution in [0.15, 0.2) is 43.0 Å². The highest BCUT2D eigenvalue weighted by molar-refractivity contribution is 5.81. The second kappa shape index (κ2) is 6.86. The van der Waals surface area contributed by atoms with E-state index in [0.29, 0.717) is 6.42 Å². The fraction of sp³-hybridized carbons (Fsp3) is 0.357. The third-order valence-corrected chi connectivity index (χ3v) is 2.53. The van der Waals surface area contributed by atoms with E-state index in [0.717, 1.165) is 6.42 Å². The Hall–Kier alpha value is -1.61. The van der Waals surface area contributed by atoms with Crippen molar-refractivity contribution in [3.8, 4) is 0 Å². The average Bonchev–Trinajstić information content (AvgIpc) is 2.30. The molecule has 0 saturated heterocycles. The Morgan fingerprint density at radius 2 is 2.12 bits per heavy atom. The largest absolute Gasteiger partial charge is 0.352 e. The molecule has 0 radical (unpaired) electrons. The van der Waals surface area contributed by atoms with E-state index < -0.39 is 6.04 Å². The molecule has 0 aliphatic heterocycles. The minimum absolute atomic E-state index is 0.0840. The van der Waals surface area contributed by atoms with E-state index in [1.165, 1.54) is 5.56 Å². The molecule has 0 heterocycles. The van der Waals surface area contributed by atoms with Crippen molar-refractivity contribution in [3.63, 3.8) is 0 Å². The predicted octanol–water partition coefficient (Wildman–Crippen LogP) is 1.64. The van der Waals surface area contributed by atoms with Crippen LogP contribution in [-0.2, 0) is 11.2 Å². The molecule has 17 heavy (non-hydrogen) atoms. The predicted molar refractivity (Wildman–Crippen MR) is 70.5 cm³/mol. The molecule has 0 fully saturated rings. The first kappa shape index (κ1) is 13.5. The fourth-order valence-corrected chi connectivity index (χ4v) is 1.66. The summed E-state index contributed by atoms with van der Waals surface area (Å²) in [5, 5.41) is 2.90. The van der Waals surface area contributed by atoms with Crippen LogP contribution in [0.4, 0.5) is 0 Å². The Morgan fingerprint density at radius 1 is 1.47 bits per heavy atom. The molecule has 2 unspecified atom stereocenters. The molecule has 0 bridgehead atoms. The number of nitrogens with two attached hydrogens (primary N) is 1. The monoisotopic (exact) mass is 232 g/mol.